The van der Waals surface area contributed by atoms with Crippen molar-refractivity contribution in [2.45, 2.75) is 4.90 Å². The highest BCUT2D eigenvalue weighted by Gasteiger charge is 2.20. The molecule has 0 bridgehead atoms. The zero-order chi connectivity index (χ0) is 13.8. The Labute approximate surface area is 106 Å². The van der Waals surface area contributed by atoms with Crippen molar-refractivity contribution in [2.24, 2.45) is 0 Å². The molecule has 100 valence electrons. The summed E-state index contributed by atoms with van der Waals surface area (Å²) in [6.07, 6.45) is 0. The number of carboxylic acid groups (broad SMARTS) is 1. The standard InChI is InChI=1S/C11H16N2O4S/c1-12-7-8-13(2)18(16,17)10-5-3-9(4-6-10)11(14)15/h3-6,12H,7-8H2,1-2H3,(H,14,15). The van der Waals surface area contributed by atoms with Crippen LogP contribution in [0.1, 0.15) is 10.4 Å². The minimum absolute atomic E-state index is 0.0619. The first-order valence-corrected chi connectivity index (χ1v) is 6.78. The molecule has 2 N–H and O–H groups in total. The van der Waals surface area contributed by atoms with Gasteiger partial charge in [0.25, 0.3) is 0 Å². The Morgan fingerprint density at radius 1 is 1.33 bits per heavy atom. The molecule has 0 aliphatic rings. The van der Waals surface area contributed by atoms with Crippen LogP contribution in [0.25, 0.3) is 0 Å². The fourth-order valence-corrected chi connectivity index (χ4v) is 2.51. The van der Waals surface area contributed by atoms with Gasteiger partial charge in [-0.05, 0) is 31.3 Å². The molecule has 0 heterocycles. The maximum Gasteiger partial charge on any atom is 0.335 e. The molecule has 0 unspecified atom stereocenters. The summed E-state index contributed by atoms with van der Waals surface area (Å²) in [6.45, 7) is 0.891. The number of nitrogens with one attached hydrogen (secondary N) is 1. The minimum Gasteiger partial charge on any atom is -0.478 e. The maximum absolute atomic E-state index is 12.1. The summed E-state index contributed by atoms with van der Waals surface area (Å²) >= 11 is 0. The lowest BCUT2D eigenvalue weighted by Crippen LogP contribution is -2.32. The van der Waals surface area contributed by atoms with E-state index < -0.39 is 16.0 Å². The first-order valence-electron chi connectivity index (χ1n) is 5.34. The molecule has 6 nitrogen and oxygen atoms in total. The zero-order valence-electron chi connectivity index (χ0n) is 10.3. The van der Waals surface area contributed by atoms with E-state index in [1.54, 1.807) is 7.05 Å². The molecule has 0 aliphatic carbocycles. The lowest BCUT2D eigenvalue weighted by Gasteiger charge is -2.16. The van der Waals surface area contributed by atoms with E-state index in [9.17, 15) is 13.2 Å². The lowest BCUT2D eigenvalue weighted by molar-refractivity contribution is 0.0696. The number of likely N-dealkylation sites (N-methyl/N-ethyl adjacent to an activating group) is 2. The Morgan fingerprint density at radius 3 is 2.33 bits per heavy atom. The second kappa shape index (κ2) is 5.94. The van der Waals surface area contributed by atoms with E-state index in [4.69, 9.17) is 5.11 Å². The first-order chi connectivity index (χ1) is 8.39. The number of aromatic carboxylic acids is 1. The third-order valence-electron chi connectivity index (χ3n) is 2.49. The summed E-state index contributed by atoms with van der Waals surface area (Å²) in [5.41, 5.74) is 0.0619. The smallest absolute Gasteiger partial charge is 0.335 e. The predicted octanol–water partition coefficient (Wildman–Crippen LogP) is 0.225. The summed E-state index contributed by atoms with van der Waals surface area (Å²) < 4.78 is 25.4. The predicted molar refractivity (Wildman–Crippen MR) is 67.1 cm³/mol. The zero-order valence-corrected chi connectivity index (χ0v) is 11.1. The normalized spacial score (nSPS) is 11.7. The van der Waals surface area contributed by atoms with Gasteiger partial charge in [-0.15, -0.1) is 0 Å². The summed E-state index contributed by atoms with van der Waals surface area (Å²) in [5.74, 6) is -1.08. The van der Waals surface area contributed by atoms with Crippen molar-refractivity contribution in [1.29, 1.82) is 0 Å². The first kappa shape index (κ1) is 14.6. The van der Waals surface area contributed by atoms with E-state index in [0.29, 0.717) is 13.1 Å². The topological polar surface area (TPSA) is 86.7 Å². The van der Waals surface area contributed by atoms with Crippen molar-refractivity contribution in [3.63, 3.8) is 0 Å². The van der Waals surface area contributed by atoms with Gasteiger partial charge in [-0.3, -0.25) is 0 Å². The van der Waals surface area contributed by atoms with E-state index in [1.165, 1.54) is 35.6 Å². The Morgan fingerprint density at radius 2 is 1.89 bits per heavy atom. The summed E-state index contributed by atoms with van der Waals surface area (Å²) in [7, 11) is -0.331. The summed E-state index contributed by atoms with van der Waals surface area (Å²) in [5, 5.41) is 11.6. The van der Waals surface area contributed by atoms with Gasteiger partial charge < -0.3 is 10.4 Å². The summed E-state index contributed by atoms with van der Waals surface area (Å²) in [4.78, 5) is 10.8. The molecule has 0 aromatic heterocycles. The quantitative estimate of drug-likeness (QED) is 0.774. The van der Waals surface area contributed by atoms with E-state index in [2.05, 4.69) is 5.32 Å². The molecule has 1 aromatic carbocycles. The fourth-order valence-electron chi connectivity index (χ4n) is 1.34. The molecular formula is C11H16N2O4S. The van der Waals surface area contributed by atoms with Gasteiger partial charge >= 0.3 is 5.97 Å². The third-order valence-corrected chi connectivity index (χ3v) is 4.36. The van der Waals surface area contributed by atoms with E-state index >= 15 is 0 Å². The number of hydrogen-bond donors (Lipinski definition) is 2. The summed E-state index contributed by atoms with van der Waals surface area (Å²) in [6, 6.07) is 5.16. The van der Waals surface area contributed by atoms with Crippen LogP contribution in [0.15, 0.2) is 29.2 Å². The molecular weight excluding hydrogens is 256 g/mol. The van der Waals surface area contributed by atoms with Crippen LogP contribution in [0.5, 0.6) is 0 Å². The Kier molecular flexibility index (Phi) is 4.83. The van der Waals surface area contributed by atoms with Gasteiger partial charge in [0.15, 0.2) is 0 Å². The molecule has 7 heteroatoms. The average molecular weight is 272 g/mol. The van der Waals surface area contributed by atoms with Crippen molar-refractivity contribution in [3.8, 4) is 0 Å². The van der Waals surface area contributed by atoms with Gasteiger partial charge in [0.05, 0.1) is 10.5 Å². The van der Waals surface area contributed by atoms with Crippen LogP contribution in [-0.2, 0) is 10.0 Å². The second-order valence-corrected chi connectivity index (χ2v) is 5.80. The number of rotatable bonds is 6. The van der Waals surface area contributed by atoms with Gasteiger partial charge in [0, 0.05) is 20.1 Å². The van der Waals surface area contributed by atoms with Crippen molar-refractivity contribution in [2.75, 3.05) is 27.2 Å². The largest absolute Gasteiger partial charge is 0.478 e. The molecule has 0 saturated heterocycles. The van der Waals surface area contributed by atoms with Crippen LogP contribution in [0.2, 0.25) is 0 Å². The van der Waals surface area contributed by atoms with Gasteiger partial charge in [0.1, 0.15) is 0 Å². The molecule has 1 rings (SSSR count). The van der Waals surface area contributed by atoms with Crippen molar-refractivity contribution < 1.29 is 18.3 Å². The highest BCUT2D eigenvalue weighted by atomic mass is 32.2. The number of carboxylic acids is 1. The Bertz CT molecular complexity index is 510. The maximum atomic E-state index is 12.1. The number of sulfonamides is 1. The molecule has 0 amide bonds. The fraction of sp³-hybridized carbons (Fsp3) is 0.364. The van der Waals surface area contributed by atoms with Gasteiger partial charge in [-0.2, -0.15) is 4.31 Å². The Hall–Kier alpha value is -1.44. The SMILES string of the molecule is CNCCN(C)S(=O)(=O)c1ccc(C(=O)O)cc1. The molecule has 0 aliphatic heterocycles. The van der Waals surface area contributed by atoms with Crippen LogP contribution in [0.4, 0.5) is 0 Å². The van der Waals surface area contributed by atoms with E-state index in [0.717, 1.165) is 0 Å². The second-order valence-electron chi connectivity index (χ2n) is 3.76. The van der Waals surface area contributed by atoms with Crippen molar-refractivity contribution >= 4 is 16.0 Å². The average Bonchev–Trinajstić information content (AvgIpc) is 2.35. The molecule has 0 saturated carbocycles. The van der Waals surface area contributed by atoms with E-state index in [1.807, 2.05) is 0 Å². The molecule has 0 radical (unpaired) electrons. The van der Waals surface area contributed by atoms with Crippen LogP contribution >= 0.6 is 0 Å². The Balaban J connectivity index is 2.94. The highest BCUT2D eigenvalue weighted by Crippen LogP contribution is 2.14. The van der Waals surface area contributed by atoms with Crippen LogP contribution in [-0.4, -0.2) is 51.0 Å². The highest BCUT2D eigenvalue weighted by molar-refractivity contribution is 7.89. The number of hydrogen-bond acceptors (Lipinski definition) is 4. The molecule has 0 atom stereocenters. The van der Waals surface area contributed by atoms with Gasteiger partial charge in [-0.1, -0.05) is 0 Å². The third kappa shape index (κ3) is 3.28. The monoisotopic (exact) mass is 272 g/mol. The van der Waals surface area contributed by atoms with Crippen LogP contribution < -0.4 is 5.32 Å². The number of benzene rings is 1. The molecule has 0 fully saturated rings. The molecule has 18 heavy (non-hydrogen) atoms. The van der Waals surface area contributed by atoms with Crippen molar-refractivity contribution in [1.82, 2.24) is 9.62 Å². The number of nitrogens with zero attached hydrogens (tertiary/aromatic N) is 1. The molecule has 1 aromatic rings. The number of carbonyl (C=O) groups is 1. The van der Waals surface area contributed by atoms with Crippen LogP contribution in [0, 0.1) is 0 Å². The van der Waals surface area contributed by atoms with Crippen molar-refractivity contribution in [3.05, 3.63) is 29.8 Å². The lowest BCUT2D eigenvalue weighted by atomic mass is 10.2. The minimum atomic E-state index is -3.55. The van der Waals surface area contributed by atoms with E-state index in [-0.39, 0.29) is 10.5 Å². The molecule has 0 spiro atoms. The van der Waals surface area contributed by atoms with Gasteiger partial charge in [0.2, 0.25) is 10.0 Å². The van der Waals surface area contributed by atoms with Crippen LogP contribution in [0.3, 0.4) is 0 Å². The van der Waals surface area contributed by atoms with Gasteiger partial charge in [-0.25, -0.2) is 13.2 Å².